The van der Waals surface area contributed by atoms with Crippen molar-refractivity contribution in [3.8, 4) is 0 Å². The number of carboxylic acid groups (broad SMARTS) is 1. The van der Waals surface area contributed by atoms with Gasteiger partial charge in [-0.3, -0.25) is 9.89 Å². The number of aromatic amines is 1. The highest BCUT2D eigenvalue weighted by Gasteiger charge is 2.25. The van der Waals surface area contributed by atoms with E-state index in [9.17, 15) is 9.59 Å². The molecule has 0 spiro atoms. The third kappa shape index (κ3) is 3.97. The lowest BCUT2D eigenvalue weighted by molar-refractivity contribution is -0.143. The SMILES string of the molecule is O=C(NCC1CCC(C(=O)O)CC1)Nc1cn[nH]c1. The van der Waals surface area contributed by atoms with Crippen molar-refractivity contribution in [1.82, 2.24) is 15.5 Å². The Labute approximate surface area is 110 Å². The largest absolute Gasteiger partial charge is 0.481 e. The molecule has 19 heavy (non-hydrogen) atoms. The van der Waals surface area contributed by atoms with Crippen molar-refractivity contribution in [2.75, 3.05) is 11.9 Å². The van der Waals surface area contributed by atoms with E-state index < -0.39 is 5.97 Å². The maximum Gasteiger partial charge on any atom is 0.319 e. The predicted octanol–water partition coefficient (Wildman–Crippen LogP) is 1.42. The Bertz CT molecular complexity index is 424. The molecule has 2 amide bonds. The first kappa shape index (κ1) is 13.4. The maximum atomic E-state index is 11.6. The quantitative estimate of drug-likeness (QED) is 0.661. The minimum atomic E-state index is -0.705. The Kier molecular flexibility index (Phi) is 4.38. The van der Waals surface area contributed by atoms with Gasteiger partial charge < -0.3 is 15.7 Å². The maximum absolute atomic E-state index is 11.6. The summed E-state index contributed by atoms with van der Waals surface area (Å²) in [6.45, 7) is 0.579. The van der Waals surface area contributed by atoms with Crippen molar-refractivity contribution < 1.29 is 14.7 Å². The number of carboxylic acids is 1. The van der Waals surface area contributed by atoms with Crippen LogP contribution in [0.1, 0.15) is 25.7 Å². The number of carbonyl (C=O) groups excluding carboxylic acids is 1. The van der Waals surface area contributed by atoms with Crippen LogP contribution in [0.3, 0.4) is 0 Å². The van der Waals surface area contributed by atoms with E-state index in [1.54, 1.807) is 6.20 Å². The first-order chi connectivity index (χ1) is 9.15. The Morgan fingerprint density at radius 1 is 1.37 bits per heavy atom. The molecule has 0 aromatic carbocycles. The molecule has 104 valence electrons. The number of hydrogen-bond donors (Lipinski definition) is 4. The van der Waals surface area contributed by atoms with E-state index in [1.165, 1.54) is 6.20 Å². The molecular weight excluding hydrogens is 248 g/mol. The zero-order valence-corrected chi connectivity index (χ0v) is 10.6. The van der Waals surface area contributed by atoms with E-state index in [2.05, 4.69) is 20.8 Å². The van der Waals surface area contributed by atoms with Gasteiger partial charge in [-0.1, -0.05) is 0 Å². The molecule has 1 heterocycles. The standard InChI is InChI=1S/C12H18N4O3/c17-11(18)9-3-1-8(2-4-9)5-13-12(19)16-10-6-14-15-7-10/h6-9H,1-5H2,(H,14,15)(H,17,18)(H2,13,16,19). The van der Waals surface area contributed by atoms with E-state index in [-0.39, 0.29) is 11.9 Å². The van der Waals surface area contributed by atoms with Gasteiger partial charge in [0, 0.05) is 12.7 Å². The molecule has 1 aliphatic carbocycles. The fourth-order valence-electron chi connectivity index (χ4n) is 2.35. The fraction of sp³-hybridized carbons (Fsp3) is 0.583. The first-order valence-electron chi connectivity index (χ1n) is 6.41. The topological polar surface area (TPSA) is 107 Å². The Morgan fingerprint density at radius 3 is 2.68 bits per heavy atom. The van der Waals surface area contributed by atoms with Crippen LogP contribution in [-0.4, -0.2) is 33.8 Å². The van der Waals surface area contributed by atoms with E-state index in [4.69, 9.17) is 5.11 Å². The second-order valence-corrected chi connectivity index (χ2v) is 4.88. The van der Waals surface area contributed by atoms with Crippen LogP contribution in [0, 0.1) is 11.8 Å². The summed E-state index contributed by atoms with van der Waals surface area (Å²) in [6, 6.07) is -0.262. The number of urea groups is 1. The average Bonchev–Trinajstić information content (AvgIpc) is 2.89. The molecule has 7 nitrogen and oxygen atoms in total. The normalized spacial score (nSPS) is 22.7. The van der Waals surface area contributed by atoms with Gasteiger partial charge in [-0.15, -0.1) is 0 Å². The molecule has 2 rings (SSSR count). The van der Waals surface area contributed by atoms with Crippen LogP contribution < -0.4 is 10.6 Å². The van der Waals surface area contributed by atoms with Crippen LogP contribution in [0.15, 0.2) is 12.4 Å². The Hall–Kier alpha value is -2.05. The molecule has 0 aliphatic heterocycles. The van der Waals surface area contributed by atoms with E-state index in [1.807, 2.05) is 0 Å². The molecule has 0 saturated heterocycles. The zero-order chi connectivity index (χ0) is 13.7. The monoisotopic (exact) mass is 266 g/mol. The molecule has 0 radical (unpaired) electrons. The average molecular weight is 266 g/mol. The van der Waals surface area contributed by atoms with Gasteiger partial charge in [-0.25, -0.2) is 4.79 Å². The number of amides is 2. The molecule has 7 heteroatoms. The zero-order valence-electron chi connectivity index (χ0n) is 10.6. The van der Waals surface area contributed by atoms with E-state index in [0.717, 1.165) is 12.8 Å². The highest BCUT2D eigenvalue weighted by molar-refractivity contribution is 5.88. The third-order valence-electron chi connectivity index (χ3n) is 3.50. The van der Waals surface area contributed by atoms with Crippen molar-refractivity contribution in [3.63, 3.8) is 0 Å². The molecule has 0 atom stereocenters. The number of aliphatic carboxylic acids is 1. The van der Waals surface area contributed by atoms with Gasteiger partial charge in [-0.2, -0.15) is 5.10 Å². The number of nitrogens with zero attached hydrogens (tertiary/aromatic N) is 1. The van der Waals surface area contributed by atoms with Crippen LogP contribution in [0.4, 0.5) is 10.5 Å². The van der Waals surface area contributed by atoms with E-state index in [0.29, 0.717) is 31.0 Å². The summed E-state index contributed by atoms with van der Waals surface area (Å²) in [5.41, 5.74) is 0.618. The molecule has 1 fully saturated rings. The molecule has 1 aliphatic rings. The number of H-pyrrole nitrogens is 1. The molecule has 0 bridgehead atoms. The summed E-state index contributed by atoms with van der Waals surface area (Å²) < 4.78 is 0. The van der Waals surface area contributed by atoms with Crippen LogP contribution in [0.25, 0.3) is 0 Å². The highest BCUT2D eigenvalue weighted by atomic mass is 16.4. The fourth-order valence-corrected chi connectivity index (χ4v) is 2.35. The van der Waals surface area contributed by atoms with Gasteiger partial charge in [0.05, 0.1) is 17.8 Å². The predicted molar refractivity (Wildman–Crippen MR) is 68.7 cm³/mol. The molecule has 0 unspecified atom stereocenters. The van der Waals surface area contributed by atoms with Gasteiger partial charge in [0.15, 0.2) is 0 Å². The Morgan fingerprint density at radius 2 is 2.11 bits per heavy atom. The summed E-state index contributed by atoms with van der Waals surface area (Å²) >= 11 is 0. The molecule has 1 aromatic heterocycles. The van der Waals surface area contributed by atoms with Crippen molar-refractivity contribution in [3.05, 3.63) is 12.4 Å². The second-order valence-electron chi connectivity index (χ2n) is 4.88. The second kappa shape index (κ2) is 6.21. The van der Waals surface area contributed by atoms with Crippen molar-refractivity contribution in [1.29, 1.82) is 0 Å². The van der Waals surface area contributed by atoms with Gasteiger partial charge in [0.25, 0.3) is 0 Å². The lowest BCUT2D eigenvalue weighted by atomic mass is 9.82. The van der Waals surface area contributed by atoms with Crippen molar-refractivity contribution in [2.45, 2.75) is 25.7 Å². The molecule has 1 aromatic rings. The number of carbonyl (C=O) groups is 2. The number of nitrogens with one attached hydrogen (secondary N) is 3. The summed E-state index contributed by atoms with van der Waals surface area (Å²) in [4.78, 5) is 22.4. The summed E-state index contributed by atoms with van der Waals surface area (Å²) in [5.74, 6) is -0.550. The van der Waals surface area contributed by atoms with Crippen LogP contribution in [-0.2, 0) is 4.79 Å². The minimum absolute atomic E-state index is 0.212. The van der Waals surface area contributed by atoms with Crippen LogP contribution in [0.5, 0.6) is 0 Å². The number of hydrogen-bond acceptors (Lipinski definition) is 3. The summed E-state index contributed by atoms with van der Waals surface area (Å²) in [7, 11) is 0. The summed E-state index contributed by atoms with van der Waals surface area (Å²) in [6.07, 6.45) is 6.22. The number of rotatable bonds is 4. The van der Waals surface area contributed by atoms with Crippen LogP contribution >= 0.6 is 0 Å². The smallest absolute Gasteiger partial charge is 0.319 e. The highest BCUT2D eigenvalue weighted by Crippen LogP contribution is 2.28. The number of aromatic nitrogens is 2. The van der Waals surface area contributed by atoms with Gasteiger partial charge in [0.2, 0.25) is 0 Å². The minimum Gasteiger partial charge on any atom is -0.481 e. The van der Waals surface area contributed by atoms with E-state index >= 15 is 0 Å². The summed E-state index contributed by atoms with van der Waals surface area (Å²) in [5, 5.41) is 20.7. The molecule has 1 saturated carbocycles. The lowest BCUT2D eigenvalue weighted by Crippen LogP contribution is -2.35. The first-order valence-corrected chi connectivity index (χ1v) is 6.41. The molecular formula is C12H18N4O3. The lowest BCUT2D eigenvalue weighted by Gasteiger charge is -2.26. The van der Waals surface area contributed by atoms with Crippen molar-refractivity contribution >= 4 is 17.7 Å². The van der Waals surface area contributed by atoms with Gasteiger partial charge in [0.1, 0.15) is 0 Å². The van der Waals surface area contributed by atoms with Crippen LogP contribution in [0.2, 0.25) is 0 Å². The molecule has 4 N–H and O–H groups in total. The third-order valence-corrected chi connectivity index (χ3v) is 3.50. The number of anilines is 1. The van der Waals surface area contributed by atoms with Crippen molar-refractivity contribution in [2.24, 2.45) is 11.8 Å². The van der Waals surface area contributed by atoms with Gasteiger partial charge in [-0.05, 0) is 31.6 Å². The Balaban J connectivity index is 1.66. The van der Waals surface area contributed by atoms with Gasteiger partial charge >= 0.3 is 12.0 Å².